The molecule has 0 atom stereocenters. The van der Waals surface area contributed by atoms with Gasteiger partial charge in [0.05, 0.1) is 17.6 Å². The van der Waals surface area contributed by atoms with Gasteiger partial charge >= 0.3 is 0 Å². The van der Waals surface area contributed by atoms with Crippen LogP contribution in [0.25, 0.3) is 0 Å². The summed E-state index contributed by atoms with van der Waals surface area (Å²) in [5.74, 6) is -0.280. The minimum Gasteiger partial charge on any atom is -0.396 e. The molecule has 114 valence electrons. The van der Waals surface area contributed by atoms with Gasteiger partial charge in [0.25, 0.3) is 5.91 Å². The van der Waals surface area contributed by atoms with Gasteiger partial charge in [-0.25, -0.2) is 0 Å². The van der Waals surface area contributed by atoms with E-state index in [-0.39, 0.29) is 11.8 Å². The van der Waals surface area contributed by atoms with Gasteiger partial charge < -0.3 is 16.4 Å². The first-order valence-electron chi connectivity index (χ1n) is 6.90. The third kappa shape index (κ3) is 4.31. The number of aromatic nitrogens is 1. The van der Waals surface area contributed by atoms with Gasteiger partial charge in [0.2, 0.25) is 5.91 Å². The smallest absolute Gasteiger partial charge is 0.255 e. The van der Waals surface area contributed by atoms with Crippen molar-refractivity contribution in [2.45, 2.75) is 13.3 Å². The van der Waals surface area contributed by atoms with E-state index in [0.717, 1.165) is 12.0 Å². The maximum Gasteiger partial charge on any atom is 0.255 e. The quantitative estimate of drug-likeness (QED) is 0.781. The minimum atomic E-state index is -0.230. The fraction of sp³-hybridized carbons (Fsp3) is 0.188. The number of hydrogen-bond acceptors (Lipinski definition) is 4. The highest BCUT2D eigenvalue weighted by molar-refractivity contribution is 6.05. The summed E-state index contributed by atoms with van der Waals surface area (Å²) in [6.07, 6.45) is 3.77. The molecular formula is C16H18N4O2. The molecule has 1 heterocycles. The molecule has 0 aliphatic heterocycles. The van der Waals surface area contributed by atoms with Gasteiger partial charge in [-0.1, -0.05) is 12.1 Å². The normalized spacial score (nSPS) is 10.0. The van der Waals surface area contributed by atoms with Crippen LogP contribution in [0.5, 0.6) is 0 Å². The number of anilines is 2. The van der Waals surface area contributed by atoms with Crippen LogP contribution >= 0.6 is 0 Å². The van der Waals surface area contributed by atoms with Crippen LogP contribution in [0.4, 0.5) is 11.4 Å². The number of hydrogen-bond donors (Lipinski definition) is 3. The van der Waals surface area contributed by atoms with Crippen molar-refractivity contribution in [2.24, 2.45) is 0 Å². The van der Waals surface area contributed by atoms with E-state index in [0.29, 0.717) is 23.5 Å². The average molecular weight is 298 g/mol. The Hall–Kier alpha value is -2.89. The molecule has 1 aromatic carbocycles. The SMILES string of the molecule is CC(=O)NCCc1ccc(C(=O)Nc2ccncc2N)cc1. The first-order chi connectivity index (χ1) is 10.6. The van der Waals surface area contributed by atoms with E-state index in [2.05, 4.69) is 15.6 Å². The van der Waals surface area contributed by atoms with E-state index in [9.17, 15) is 9.59 Å². The lowest BCUT2D eigenvalue weighted by Crippen LogP contribution is -2.22. The van der Waals surface area contributed by atoms with Crippen LogP contribution in [-0.4, -0.2) is 23.3 Å². The fourth-order valence-corrected chi connectivity index (χ4v) is 1.92. The second kappa shape index (κ2) is 7.21. The Morgan fingerprint density at radius 3 is 2.55 bits per heavy atom. The van der Waals surface area contributed by atoms with Gasteiger partial charge in [0, 0.05) is 25.2 Å². The van der Waals surface area contributed by atoms with Crippen LogP contribution in [0.2, 0.25) is 0 Å². The molecule has 0 aliphatic rings. The van der Waals surface area contributed by atoms with Crippen molar-refractivity contribution in [3.63, 3.8) is 0 Å². The lowest BCUT2D eigenvalue weighted by Gasteiger charge is -2.08. The summed E-state index contributed by atoms with van der Waals surface area (Å²) in [5.41, 5.74) is 8.29. The summed E-state index contributed by atoms with van der Waals surface area (Å²) in [6, 6.07) is 8.87. The van der Waals surface area contributed by atoms with Crippen LogP contribution in [-0.2, 0) is 11.2 Å². The standard InChI is InChI=1S/C16H18N4O2/c1-11(21)19-9-6-12-2-4-13(5-3-12)16(22)20-15-7-8-18-10-14(15)17/h2-5,7-8,10H,6,9,17H2,1H3,(H,19,21)(H,18,20,22). The Morgan fingerprint density at radius 1 is 1.18 bits per heavy atom. The molecule has 0 unspecified atom stereocenters. The monoisotopic (exact) mass is 298 g/mol. The summed E-state index contributed by atoms with van der Waals surface area (Å²) in [7, 11) is 0. The lowest BCUT2D eigenvalue weighted by atomic mass is 10.1. The number of carbonyl (C=O) groups excluding carboxylic acids is 2. The summed E-state index contributed by atoms with van der Waals surface area (Å²) < 4.78 is 0. The van der Waals surface area contributed by atoms with Crippen LogP contribution in [0.15, 0.2) is 42.7 Å². The number of nitrogen functional groups attached to an aromatic ring is 1. The highest BCUT2D eigenvalue weighted by Gasteiger charge is 2.08. The van der Waals surface area contributed by atoms with Crippen molar-refractivity contribution in [3.05, 3.63) is 53.9 Å². The summed E-state index contributed by atoms with van der Waals surface area (Å²) in [4.78, 5) is 26.8. The predicted molar refractivity (Wildman–Crippen MR) is 85.4 cm³/mol. The number of amides is 2. The number of nitrogens with two attached hydrogens (primary N) is 1. The number of pyridine rings is 1. The third-order valence-electron chi connectivity index (χ3n) is 3.10. The lowest BCUT2D eigenvalue weighted by molar-refractivity contribution is -0.118. The first kappa shape index (κ1) is 15.5. The van der Waals surface area contributed by atoms with Gasteiger partial charge in [-0.05, 0) is 30.2 Å². The molecular weight excluding hydrogens is 280 g/mol. The van der Waals surface area contributed by atoms with Gasteiger partial charge in [-0.15, -0.1) is 0 Å². The molecule has 0 spiro atoms. The molecule has 0 fully saturated rings. The van der Waals surface area contributed by atoms with Crippen LogP contribution in [0.3, 0.4) is 0 Å². The van der Waals surface area contributed by atoms with Gasteiger partial charge in [-0.2, -0.15) is 0 Å². The van der Waals surface area contributed by atoms with E-state index in [1.165, 1.54) is 13.1 Å². The molecule has 6 heteroatoms. The van der Waals surface area contributed by atoms with Crippen molar-refractivity contribution in [1.29, 1.82) is 0 Å². The van der Waals surface area contributed by atoms with E-state index >= 15 is 0 Å². The van der Waals surface area contributed by atoms with Crippen LogP contribution < -0.4 is 16.4 Å². The fourth-order valence-electron chi connectivity index (χ4n) is 1.92. The number of carbonyl (C=O) groups is 2. The number of nitrogens with one attached hydrogen (secondary N) is 2. The molecule has 2 rings (SSSR count). The van der Waals surface area contributed by atoms with Crippen LogP contribution in [0, 0.1) is 0 Å². The second-order valence-electron chi connectivity index (χ2n) is 4.85. The molecule has 6 nitrogen and oxygen atoms in total. The zero-order valence-electron chi connectivity index (χ0n) is 12.3. The Morgan fingerprint density at radius 2 is 1.91 bits per heavy atom. The Kier molecular flexibility index (Phi) is 5.08. The van der Waals surface area contributed by atoms with Gasteiger partial charge in [0.1, 0.15) is 0 Å². The molecule has 2 aromatic rings. The number of rotatable bonds is 5. The molecule has 1 aromatic heterocycles. The summed E-state index contributed by atoms with van der Waals surface area (Å²) in [6.45, 7) is 2.06. The van der Waals surface area contributed by atoms with Crippen molar-refractivity contribution in [2.75, 3.05) is 17.6 Å². The zero-order valence-corrected chi connectivity index (χ0v) is 12.3. The van der Waals surface area contributed by atoms with Crippen molar-refractivity contribution >= 4 is 23.2 Å². The second-order valence-corrected chi connectivity index (χ2v) is 4.85. The highest BCUT2D eigenvalue weighted by Crippen LogP contribution is 2.16. The molecule has 0 bridgehead atoms. The summed E-state index contributed by atoms with van der Waals surface area (Å²) in [5, 5.41) is 5.48. The Bertz CT molecular complexity index is 668. The molecule has 0 radical (unpaired) electrons. The number of nitrogens with zero attached hydrogens (tertiary/aromatic N) is 1. The Balaban J connectivity index is 1.96. The largest absolute Gasteiger partial charge is 0.396 e. The van der Waals surface area contributed by atoms with Gasteiger partial charge in [-0.3, -0.25) is 14.6 Å². The zero-order chi connectivity index (χ0) is 15.9. The highest BCUT2D eigenvalue weighted by atomic mass is 16.2. The van der Waals surface area contributed by atoms with Crippen LogP contribution in [0.1, 0.15) is 22.8 Å². The maximum absolute atomic E-state index is 12.1. The maximum atomic E-state index is 12.1. The van der Waals surface area contributed by atoms with Crippen molar-refractivity contribution in [1.82, 2.24) is 10.3 Å². The molecule has 22 heavy (non-hydrogen) atoms. The topological polar surface area (TPSA) is 97.1 Å². The molecule has 2 amide bonds. The molecule has 0 saturated heterocycles. The van der Waals surface area contributed by atoms with Gasteiger partial charge in [0.15, 0.2) is 0 Å². The number of benzene rings is 1. The van der Waals surface area contributed by atoms with E-state index in [1.54, 1.807) is 24.4 Å². The van der Waals surface area contributed by atoms with Crippen molar-refractivity contribution < 1.29 is 9.59 Å². The van der Waals surface area contributed by atoms with E-state index in [4.69, 9.17) is 5.73 Å². The minimum absolute atomic E-state index is 0.0501. The molecule has 0 saturated carbocycles. The summed E-state index contributed by atoms with van der Waals surface area (Å²) >= 11 is 0. The third-order valence-corrected chi connectivity index (χ3v) is 3.10. The van der Waals surface area contributed by atoms with E-state index < -0.39 is 0 Å². The molecule has 4 N–H and O–H groups in total. The predicted octanol–water partition coefficient (Wildman–Crippen LogP) is 1.59. The Labute approximate surface area is 128 Å². The van der Waals surface area contributed by atoms with Crippen molar-refractivity contribution in [3.8, 4) is 0 Å². The average Bonchev–Trinajstić information content (AvgIpc) is 2.50. The first-order valence-corrected chi connectivity index (χ1v) is 6.90. The van der Waals surface area contributed by atoms with E-state index in [1.807, 2.05) is 12.1 Å². The molecule has 0 aliphatic carbocycles.